The van der Waals surface area contributed by atoms with E-state index in [4.69, 9.17) is 15.6 Å². The maximum Gasteiger partial charge on any atom is 0.347 e. The average Bonchev–Trinajstić information content (AvgIpc) is 3.67. The summed E-state index contributed by atoms with van der Waals surface area (Å²) in [6.07, 6.45) is 9.44. The van der Waals surface area contributed by atoms with E-state index in [1.54, 1.807) is 13.2 Å². The van der Waals surface area contributed by atoms with Gasteiger partial charge in [0.15, 0.2) is 17.1 Å². The molecule has 5 heteroatoms. The maximum atomic E-state index is 11.7. The van der Waals surface area contributed by atoms with Gasteiger partial charge in [0.05, 0.1) is 7.11 Å². The molecule has 0 saturated heterocycles. The number of fused-ring (bicyclic) bond motifs is 1. The van der Waals surface area contributed by atoms with Crippen LogP contribution in [0.5, 0.6) is 5.75 Å². The summed E-state index contributed by atoms with van der Waals surface area (Å²) in [5.41, 5.74) is 2.26. The summed E-state index contributed by atoms with van der Waals surface area (Å²) in [6.45, 7) is 9.61. The molecule has 0 amide bonds. The predicted octanol–water partition coefficient (Wildman–Crippen LogP) is 6.36. The second-order valence-electron chi connectivity index (χ2n) is 7.49. The van der Waals surface area contributed by atoms with E-state index in [9.17, 15) is 9.59 Å². The largest absolute Gasteiger partial charge is 0.493 e. The van der Waals surface area contributed by atoms with Crippen molar-refractivity contribution in [2.24, 2.45) is 0 Å². The fourth-order valence-electron chi connectivity index (χ4n) is 2.99. The van der Waals surface area contributed by atoms with E-state index < -0.39 is 5.63 Å². The van der Waals surface area contributed by atoms with E-state index in [2.05, 4.69) is 19.8 Å². The molecule has 1 aliphatic rings. The highest BCUT2D eigenvalue weighted by Gasteiger charge is 2.25. The molecule has 0 atom stereocenters. The van der Waals surface area contributed by atoms with Gasteiger partial charge < -0.3 is 14.6 Å². The van der Waals surface area contributed by atoms with Crippen LogP contribution in [0, 0.1) is 12.3 Å². The van der Waals surface area contributed by atoms with Gasteiger partial charge in [-0.2, -0.15) is 0 Å². The van der Waals surface area contributed by atoms with E-state index in [0.717, 1.165) is 11.8 Å². The van der Waals surface area contributed by atoms with E-state index in [-0.39, 0.29) is 16.8 Å². The number of ketones is 1. The van der Waals surface area contributed by atoms with Gasteiger partial charge in [0.1, 0.15) is 5.56 Å². The number of methoxy groups -OCH3 is 1. The Bertz CT molecular complexity index is 1100. The van der Waals surface area contributed by atoms with Crippen LogP contribution in [-0.2, 0) is 6.42 Å². The first-order chi connectivity index (χ1) is 15.9. The number of terminal acetylenes is 1. The van der Waals surface area contributed by atoms with Crippen LogP contribution in [0.25, 0.3) is 11.0 Å². The third-order valence-electron chi connectivity index (χ3n) is 4.62. The SMILES string of the molecule is C#CCc1ccccc1.CC.CCC.COc1cc(C2CC2)cc2cc(C(C)=O)c(=O)oc12.O. The van der Waals surface area contributed by atoms with Gasteiger partial charge in [-0.3, -0.25) is 4.79 Å². The van der Waals surface area contributed by atoms with Gasteiger partial charge >= 0.3 is 5.63 Å². The quantitative estimate of drug-likeness (QED) is 0.254. The highest BCUT2D eigenvalue weighted by atomic mass is 16.5. The summed E-state index contributed by atoms with van der Waals surface area (Å²) in [4.78, 5) is 23.1. The van der Waals surface area contributed by atoms with Gasteiger partial charge in [0, 0.05) is 11.8 Å². The number of benzene rings is 2. The molecule has 0 bridgehead atoms. The molecule has 5 nitrogen and oxygen atoms in total. The Balaban J connectivity index is 0.000000612. The van der Waals surface area contributed by atoms with Crippen molar-refractivity contribution in [3.05, 3.63) is 75.6 Å². The molecule has 184 valence electrons. The number of ether oxygens (including phenoxy) is 1. The van der Waals surface area contributed by atoms with E-state index in [1.807, 2.05) is 56.3 Å². The number of rotatable bonds is 4. The standard InChI is InChI=1S/C15H14O4.C9H8.C3H8.C2H6.H2O/c1-8(16)12-6-11-5-10(9-3-4-9)7-13(18-2)14(11)19-15(12)17;1-2-6-9-7-4-3-5-8-9;1-3-2;1-2;/h5-7,9H,3-4H2,1-2H3;1,3-5,7-8H,6H2;3H2,1-2H3;1-2H3;1H2. The highest BCUT2D eigenvalue weighted by molar-refractivity contribution is 5.97. The molecule has 1 aliphatic carbocycles. The third-order valence-corrected chi connectivity index (χ3v) is 4.62. The number of hydrogen-bond acceptors (Lipinski definition) is 4. The zero-order chi connectivity index (χ0) is 24.8. The lowest BCUT2D eigenvalue weighted by atomic mass is 10.1. The van der Waals surface area contributed by atoms with E-state index in [1.165, 1.54) is 37.3 Å². The average molecular weight is 467 g/mol. The Hall–Kier alpha value is -3.36. The summed E-state index contributed by atoms with van der Waals surface area (Å²) >= 11 is 0. The smallest absolute Gasteiger partial charge is 0.347 e. The summed E-state index contributed by atoms with van der Waals surface area (Å²) < 4.78 is 10.5. The van der Waals surface area contributed by atoms with Crippen LogP contribution in [0.4, 0.5) is 0 Å². The van der Waals surface area contributed by atoms with Crippen molar-refractivity contribution in [2.45, 2.75) is 66.2 Å². The summed E-state index contributed by atoms with van der Waals surface area (Å²) in [7, 11) is 1.55. The normalized spacial score (nSPS) is 11.1. The lowest BCUT2D eigenvalue weighted by Gasteiger charge is -2.08. The Morgan fingerprint density at radius 1 is 1.12 bits per heavy atom. The van der Waals surface area contributed by atoms with Gasteiger partial charge in [-0.05, 0) is 55.0 Å². The van der Waals surface area contributed by atoms with Crippen molar-refractivity contribution in [2.75, 3.05) is 7.11 Å². The third kappa shape index (κ3) is 9.25. The Kier molecular flexibility index (Phi) is 14.7. The van der Waals surface area contributed by atoms with Crippen LogP contribution in [0.1, 0.15) is 81.3 Å². The van der Waals surface area contributed by atoms with Crippen molar-refractivity contribution < 1.29 is 19.4 Å². The van der Waals surface area contributed by atoms with Crippen molar-refractivity contribution in [1.29, 1.82) is 0 Å². The molecule has 2 N–H and O–H groups in total. The molecule has 1 aromatic heterocycles. The lowest BCUT2D eigenvalue weighted by Crippen LogP contribution is -2.11. The first kappa shape index (κ1) is 30.6. The van der Waals surface area contributed by atoms with Crippen LogP contribution in [0.3, 0.4) is 0 Å². The molecule has 1 saturated carbocycles. The van der Waals surface area contributed by atoms with Crippen LogP contribution in [0.2, 0.25) is 0 Å². The number of hydrogen-bond donors (Lipinski definition) is 0. The monoisotopic (exact) mass is 466 g/mol. The first-order valence-electron chi connectivity index (χ1n) is 11.6. The molecule has 0 spiro atoms. The summed E-state index contributed by atoms with van der Waals surface area (Å²) in [5, 5.41) is 0.742. The van der Waals surface area contributed by atoms with Crippen LogP contribution < -0.4 is 10.4 Å². The van der Waals surface area contributed by atoms with Gasteiger partial charge in [-0.1, -0.05) is 64.4 Å². The number of carbonyl (C=O) groups excluding carboxylic acids is 1. The molecule has 1 heterocycles. The van der Waals surface area contributed by atoms with Gasteiger partial charge in [0.25, 0.3) is 0 Å². The van der Waals surface area contributed by atoms with E-state index in [0.29, 0.717) is 17.3 Å². The second-order valence-corrected chi connectivity index (χ2v) is 7.49. The fraction of sp³-hybridized carbons (Fsp3) is 0.379. The zero-order valence-corrected chi connectivity index (χ0v) is 21.2. The predicted molar refractivity (Wildman–Crippen MR) is 141 cm³/mol. The minimum atomic E-state index is -0.613. The fourth-order valence-corrected chi connectivity index (χ4v) is 2.99. The maximum absolute atomic E-state index is 11.7. The minimum Gasteiger partial charge on any atom is -0.493 e. The van der Waals surface area contributed by atoms with Gasteiger partial charge in [-0.15, -0.1) is 12.3 Å². The molecular weight excluding hydrogens is 428 g/mol. The minimum absolute atomic E-state index is 0. The first-order valence-corrected chi connectivity index (χ1v) is 11.6. The van der Waals surface area contributed by atoms with Gasteiger partial charge in [0.2, 0.25) is 0 Å². The molecule has 4 rings (SSSR count). The van der Waals surface area contributed by atoms with Gasteiger partial charge in [-0.25, -0.2) is 4.79 Å². The molecule has 0 radical (unpaired) electrons. The van der Waals surface area contributed by atoms with Crippen molar-refractivity contribution in [3.63, 3.8) is 0 Å². The van der Waals surface area contributed by atoms with E-state index >= 15 is 0 Å². The Morgan fingerprint density at radius 2 is 1.71 bits per heavy atom. The Labute approximate surface area is 203 Å². The highest BCUT2D eigenvalue weighted by Crippen LogP contribution is 2.43. The lowest BCUT2D eigenvalue weighted by molar-refractivity contribution is 0.101. The molecule has 0 aliphatic heterocycles. The van der Waals surface area contributed by atoms with Crippen LogP contribution in [0.15, 0.2) is 57.7 Å². The molecule has 3 aromatic rings. The van der Waals surface area contributed by atoms with Crippen LogP contribution in [-0.4, -0.2) is 18.4 Å². The molecule has 2 aromatic carbocycles. The van der Waals surface area contributed by atoms with Crippen molar-refractivity contribution in [1.82, 2.24) is 0 Å². The molecule has 1 fully saturated rings. The molecule has 0 unspecified atom stereocenters. The van der Waals surface area contributed by atoms with Crippen molar-refractivity contribution in [3.8, 4) is 18.1 Å². The van der Waals surface area contributed by atoms with Crippen molar-refractivity contribution >= 4 is 16.8 Å². The second kappa shape index (κ2) is 16.3. The summed E-state index contributed by atoms with van der Waals surface area (Å²) in [6, 6.07) is 15.5. The summed E-state index contributed by atoms with van der Waals surface area (Å²) in [5.74, 6) is 3.41. The Morgan fingerprint density at radius 3 is 2.18 bits per heavy atom. The number of Topliss-reactive ketones (excluding diaryl/α,β-unsaturated/α-hetero) is 1. The van der Waals surface area contributed by atoms with Crippen LogP contribution >= 0.6 is 0 Å². The topological polar surface area (TPSA) is 88.0 Å². The molecular formula is C29H38O5. The number of carbonyl (C=O) groups is 1. The molecule has 34 heavy (non-hydrogen) atoms. The zero-order valence-electron chi connectivity index (χ0n) is 21.2.